The van der Waals surface area contributed by atoms with Crippen LogP contribution in [0.1, 0.15) is 51.6 Å². The van der Waals surface area contributed by atoms with Crippen molar-refractivity contribution >= 4 is 22.8 Å². The van der Waals surface area contributed by atoms with Gasteiger partial charge < -0.3 is 4.57 Å². The first-order valence-electron chi connectivity index (χ1n) is 11.3. The highest BCUT2D eigenvalue weighted by Crippen LogP contribution is 2.30. The molecular formula is C25H31N6O+. The second kappa shape index (κ2) is 8.71. The molecule has 3 aromatic rings. The molecule has 3 heterocycles. The number of para-hydroxylation sites is 1. The molecule has 2 amide bonds. The van der Waals surface area contributed by atoms with Crippen LogP contribution in [-0.2, 0) is 13.1 Å². The number of aromatic nitrogens is 3. The fraction of sp³-hybridized carbons (Fsp3) is 0.440. The molecule has 7 nitrogen and oxygen atoms in total. The molecule has 0 atom stereocenters. The Morgan fingerprint density at radius 1 is 1.19 bits per heavy atom. The highest BCUT2D eigenvalue weighted by atomic mass is 16.2. The van der Waals surface area contributed by atoms with E-state index in [1.54, 1.807) is 6.20 Å². The molecule has 32 heavy (non-hydrogen) atoms. The summed E-state index contributed by atoms with van der Waals surface area (Å²) in [7, 11) is 0. The van der Waals surface area contributed by atoms with Gasteiger partial charge in [-0.3, -0.25) is 5.32 Å². The number of likely N-dealkylation sites (tertiary alicyclic amines) is 1. The summed E-state index contributed by atoms with van der Waals surface area (Å²) in [6.45, 7) is 9.50. The lowest BCUT2D eigenvalue weighted by atomic mass is 9.96. The van der Waals surface area contributed by atoms with Crippen LogP contribution >= 0.6 is 0 Å². The number of nitriles is 1. The van der Waals surface area contributed by atoms with Gasteiger partial charge >= 0.3 is 6.03 Å². The van der Waals surface area contributed by atoms with Gasteiger partial charge in [0.1, 0.15) is 18.3 Å². The number of benzene rings is 1. The SMILES string of the molecule is CC(C)(C)Cn1c(C[N+]2(C(=O)Nc3ccccc3)CCCCC2)cc2cnc(C#N)nc21. The first-order valence-corrected chi connectivity index (χ1v) is 11.3. The van der Waals surface area contributed by atoms with Gasteiger partial charge in [-0.2, -0.15) is 5.26 Å². The van der Waals surface area contributed by atoms with Crippen molar-refractivity contribution in [3.05, 3.63) is 54.1 Å². The summed E-state index contributed by atoms with van der Waals surface area (Å²) in [5.74, 6) is 0.168. The van der Waals surface area contributed by atoms with E-state index < -0.39 is 0 Å². The molecular weight excluding hydrogens is 400 g/mol. The van der Waals surface area contributed by atoms with E-state index in [4.69, 9.17) is 0 Å². The van der Waals surface area contributed by atoms with Gasteiger partial charge in [0.05, 0.1) is 18.8 Å². The summed E-state index contributed by atoms with van der Waals surface area (Å²) in [5.41, 5.74) is 2.65. The second-order valence-electron chi connectivity index (χ2n) is 9.97. The van der Waals surface area contributed by atoms with Gasteiger partial charge in [0.15, 0.2) is 0 Å². The van der Waals surface area contributed by atoms with E-state index in [0.717, 1.165) is 61.3 Å². The van der Waals surface area contributed by atoms with E-state index in [1.807, 2.05) is 36.4 Å². The van der Waals surface area contributed by atoms with Crippen LogP contribution in [0, 0.1) is 16.7 Å². The minimum Gasteiger partial charge on any atom is -0.324 e. The number of carbonyl (C=O) groups excluding carboxylic acids is 1. The van der Waals surface area contributed by atoms with Crippen LogP contribution in [0.4, 0.5) is 10.5 Å². The summed E-state index contributed by atoms with van der Waals surface area (Å²) in [4.78, 5) is 22.3. The monoisotopic (exact) mass is 431 g/mol. The van der Waals surface area contributed by atoms with Crippen molar-refractivity contribution in [3.63, 3.8) is 0 Å². The molecule has 0 aliphatic carbocycles. The van der Waals surface area contributed by atoms with E-state index in [1.165, 1.54) is 0 Å². The lowest BCUT2D eigenvalue weighted by Gasteiger charge is -2.38. The van der Waals surface area contributed by atoms with Gasteiger partial charge in [-0.15, -0.1) is 0 Å². The van der Waals surface area contributed by atoms with Crippen LogP contribution in [0.15, 0.2) is 42.6 Å². The molecule has 4 rings (SSSR count). The predicted octanol–water partition coefficient (Wildman–Crippen LogP) is 5.08. The maximum atomic E-state index is 13.6. The van der Waals surface area contributed by atoms with E-state index in [2.05, 4.69) is 46.7 Å². The maximum Gasteiger partial charge on any atom is 0.421 e. The van der Waals surface area contributed by atoms with Gasteiger partial charge in [-0.1, -0.05) is 39.0 Å². The van der Waals surface area contributed by atoms with E-state index in [-0.39, 0.29) is 17.3 Å². The van der Waals surface area contributed by atoms with E-state index in [0.29, 0.717) is 11.0 Å². The number of nitrogens with one attached hydrogen (secondary N) is 1. The molecule has 0 bridgehead atoms. The zero-order chi connectivity index (χ0) is 22.8. The van der Waals surface area contributed by atoms with Crippen LogP contribution < -0.4 is 5.32 Å². The molecule has 1 fully saturated rings. The zero-order valence-electron chi connectivity index (χ0n) is 19.1. The summed E-state index contributed by atoms with van der Waals surface area (Å²) in [5, 5.41) is 13.4. The largest absolute Gasteiger partial charge is 0.421 e. The molecule has 0 unspecified atom stereocenters. The first-order chi connectivity index (χ1) is 15.3. The van der Waals surface area contributed by atoms with Gasteiger partial charge in [0.2, 0.25) is 5.82 Å². The molecule has 166 valence electrons. The quantitative estimate of drug-likeness (QED) is 0.584. The molecule has 2 aromatic heterocycles. The summed E-state index contributed by atoms with van der Waals surface area (Å²) in [6.07, 6.45) is 4.93. The number of anilines is 1. The Hall–Kier alpha value is -3.24. The average molecular weight is 432 g/mol. The number of nitrogens with zero attached hydrogens (tertiary/aromatic N) is 5. The van der Waals surface area contributed by atoms with Gasteiger partial charge in [-0.25, -0.2) is 19.2 Å². The van der Waals surface area contributed by atoms with Crippen molar-refractivity contribution in [2.45, 2.75) is 53.1 Å². The summed E-state index contributed by atoms with van der Waals surface area (Å²) < 4.78 is 2.55. The van der Waals surface area contributed by atoms with Crippen LogP contribution in [-0.4, -0.2) is 38.1 Å². The lowest BCUT2D eigenvalue weighted by Crippen LogP contribution is -2.57. The molecule has 0 radical (unpaired) electrons. The molecule has 1 aliphatic rings. The van der Waals surface area contributed by atoms with Gasteiger partial charge in [0.25, 0.3) is 0 Å². The normalized spacial score (nSPS) is 15.9. The Labute approximate surface area is 189 Å². The van der Waals surface area contributed by atoms with Crippen molar-refractivity contribution in [2.75, 3.05) is 18.4 Å². The topological polar surface area (TPSA) is 83.6 Å². The summed E-state index contributed by atoms with van der Waals surface area (Å²) in [6, 6.07) is 13.8. The summed E-state index contributed by atoms with van der Waals surface area (Å²) >= 11 is 0. The van der Waals surface area contributed by atoms with Gasteiger partial charge in [0, 0.05) is 23.8 Å². The van der Waals surface area contributed by atoms with Crippen molar-refractivity contribution in [2.24, 2.45) is 5.41 Å². The predicted molar refractivity (Wildman–Crippen MR) is 125 cm³/mol. The molecule has 1 N–H and O–H groups in total. The number of rotatable bonds is 4. The third-order valence-corrected chi connectivity index (χ3v) is 6.05. The fourth-order valence-corrected chi connectivity index (χ4v) is 4.55. The number of urea groups is 1. The first kappa shape index (κ1) is 22.0. The van der Waals surface area contributed by atoms with Gasteiger partial charge in [-0.05, 0) is 42.9 Å². The number of quaternary nitrogens is 1. The van der Waals surface area contributed by atoms with Crippen LogP contribution in [0.3, 0.4) is 0 Å². The number of piperidine rings is 1. The third kappa shape index (κ3) is 4.66. The molecule has 1 aromatic carbocycles. The number of hydrogen-bond donors (Lipinski definition) is 1. The highest BCUT2D eigenvalue weighted by Gasteiger charge is 2.40. The smallest absolute Gasteiger partial charge is 0.324 e. The highest BCUT2D eigenvalue weighted by molar-refractivity contribution is 5.84. The molecule has 7 heteroatoms. The Morgan fingerprint density at radius 3 is 2.56 bits per heavy atom. The second-order valence-corrected chi connectivity index (χ2v) is 9.97. The van der Waals surface area contributed by atoms with Crippen molar-refractivity contribution < 1.29 is 9.28 Å². The van der Waals surface area contributed by atoms with E-state index >= 15 is 0 Å². The molecule has 1 saturated heterocycles. The van der Waals surface area contributed by atoms with Crippen LogP contribution in [0.25, 0.3) is 11.0 Å². The number of carbonyl (C=O) groups is 1. The Balaban J connectivity index is 1.74. The van der Waals surface area contributed by atoms with Crippen LogP contribution in [0.2, 0.25) is 0 Å². The average Bonchev–Trinajstić information content (AvgIpc) is 3.09. The van der Waals surface area contributed by atoms with Crippen molar-refractivity contribution in [3.8, 4) is 6.07 Å². The van der Waals surface area contributed by atoms with Crippen molar-refractivity contribution in [1.29, 1.82) is 5.26 Å². The minimum atomic E-state index is 0.0114. The maximum absolute atomic E-state index is 13.6. The minimum absolute atomic E-state index is 0.0114. The molecule has 1 aliphatic heterocycles. The number of hydrogen-bond acceptors (Lipinski definition) is 4. The zero-order valence-corrected chi connectivity index (χ0v) is 19.1. The van der Waals surface area contributed by atoms with E-state index in [9.17, 15) is 10.1 Å². The number of fused-ring (bicyclic) bond motifs is 1. The Bertz CT molecular complexity index is 1150. The Morgan fingerprint density at radius 2 is 1.91 bits per heavy atom. The van der Waals surface area contributed by atoms with Crippen LogP contribution in [0.5, 0.6) is 0 Å². The fourth-order valence-electron chi connectivity index (χ4n) is 4.55. The number of amides is 2. The standard InChI is InChI=1S/C25H30N6O/c1-25(2,3)18-30-21(14-19-16-27-22(15-26)29-23(19)30)17-31(12-8-5-9-13-31)24(32)28-20-10-6-4-7-11-20/h4,6-7,10-11,14,16H,5,8-9,12-13,17-18H2,1-3H3/p+1. The molecule has 0 spiro atoms. The lowest BCUT2D eigenvalue weighted by molar-refractivity contribution is -0.867. The van der Waals surface area contributed by atoms with Crippen molar-refractivity contribution in [1.82, 2.24) is 14.5 Å². The molecule has 0 saturated carbocycles. The third-order valence-electron chi connectivity index (χ3n) is 6.05. The Kier molecular flexibility index (Phi) is 5.98.